The molecule has 1 aliphatic carbocycles. The van der Waals surface area contributed by atoms with Gasteiger partial charge in [0.2, 0.25) is 5.91 Å². The molecule has 1 aromatic heterocycles. The number of anilines is 1. The van der Waals surface area contributed by atoms with Gasteiger partial charge in [0.1, 0.15) is 0 Å². The zero-order valence-electron chi connectivity index (χ0n) is 13.2. The fraction of sp³-hybridized carbons (Fsp3) is 0.500. The summed E-state index contributed by atoms with van der Waals surface area (Å²) in [5.74, 6) is 1.28. The van der Waals surface area contributed by atoms with Gasteiger partial charge in [-0.2, -0.15) is 4.68 Å². The molecule has 2 aromatic rings. The topological polar surface area (TPSA) is 84.7 Å². The van der Waals surface area contributed by atoms with Gasteiger partial charge in [-0.1, -0.05) is 11.6 Å². The maximum Gasteiger partial charge on any atom is 0.228 e. The largest absolute Gasteiger partial charge is 0.326 e. The fourth-order valence-electron chi connectivity index (χ4n) is 3.03. The number of piperidine rings is 1. The van der Waals surface area contributed by atoms with Crippen LogP contribution in [0.5, 0.6) is 0 Å². The summed E-state index contributed by atoms with van der Waals surface area (Å²) in [6.45, 7) is 1.71. The van der Waals surface area contributed by atoms with E-state index in [1.54, 1.807) is 16.8 Å². The van der Waals surface area contributed by atoms with E-state index < -0.39 is 0 Å². The van der Waals surface area contributed by atoms with Crippen LogP contribution in [0, 0.1) is 5.92 Å². The zero-order valence-corrected chi connectivity index (χ0v) is 14.0. The lowest BCUT2D eigenvalue weighted by atomic mass is 9.99. The molecule has 0 unspecified atom stereocenters. The van der Waals surface area contributed by atoms with Crippen molar-refractivity contribution >= 4 is 23.2 Å². The lowest BCUT2D eigenvalue weighted by Gasteiger charge is -2.22. The molecule has 2 aliphatic rings. The van der Waals surface area contributed by atoms with E-state index in [1.807, 2.05) is 6.07 Å². The van der Waals surface area contributed by atoms with E-state index >= 15 is 0 Å². The van der Waals surface area contributed by atoms with Gasteiger partial charge in [0.15, 0.2) is 5.82 Å². The van der Waals surface area contributed by atoms with Crippen LogP contribution in [-0.4, -0.2) is 39.2 Å². The van der Waals surface area contributed by atoms with Crippen LogP contribution in [0.4, 0.5) is 5.69 Å². The lowest BCUT2D eigenvalue weighted by Crippen LogP contribution is -2.37. The van der Waals surface area contributed by atoms with Gasteiger partial charge in [-0.15, -0.1) is 5.10 Å². The molecule has 4 rings (SSSR count). The molecule has 2 heterocycles. The van der Waals surface area contributed by atoms with E-state index in [0.717, 1.165) is 44.6 Å². The number of rotatable bonds is 4. The molecular formula is C16H19ClN6O. The molecule has 7 nitrogen and oxygen atoms in total. The highest BCUT2D eigenvalue weighted by Crippen LogP contribution is 2.40. The van der Waals surface area contributed by atoms with Gasteiger partial charge >= 0.3 is 0 Å². The predicted molar refractivity (Wildman–Crippen MR) is 90.4 cm³/mol. The van der Waals surface area contributed by atoms with Gasteiger partial charge in [0, 0.05) is 18.2 Å². The van der Waals surface area contributed by atoms with Crippen molar-refractivity contribution in [2.24, 2.45) is 5.92 Å². The Bertz CT molecular complexity index is 751. The summed E-state index contributed by atoms with van der Waals surface area (Å²) in [6, 6.07) is 5.41. The standard InChI is InChI=1S/C16H19ClN6O/c17-13-6-5-12(19-16(24)11-2-1-7-18-9-11)8-14(13)23-15(10-3-4-10)20-21-22-23/h5-6,8,10-11,18H,1-4,7,9H2,(H,19,24)/t11-/m1/s1. The van der Waals surface area contributed by atoms with E-state index in [2.05, 4.69) is 26.2 Å². The Hall–Kier alpha value is -1.99. The molecule has 126 valence electrons. The summed E-state index contributed by atoms with van der Waals surface area (Å²) < 4.78 is 1.68. The third kappa shape index (κ3) is 3.14. The van der Waals surface area contributed by atoms with E-state index in [4.69, 9.17) is 11.6 Å². The van der Waals surface area contributed by atoms with Crippen LogP contribution in [0.3, 0.4) is 0 Å². The number of aromatic nitrogens is 4. The number of carbonyl (C=O) groups is 1. The number of nitrogens with zero attached hydrogens (tertiary/aromatic N) is 4. The number of benzene rings is 1. The third-order valence-corrected chi connectivity index (χ3v) is 4.87. The van der Waals surface area contributed by atoms with Crippen LogP contribution in [0.2, 0.25) is 5.02 Å². The van der Waals surface area contributed by atoms with Crippen LogP contribution in [0.1, 0.15) is 37.4 Å². The van der Waals surface area contributed by atoms with Crippen molar-refractivity contribution in [3.63, 3.8) is 0 Å². The van der Waals surface area contributed by atoms with Crippen LogP contribution >= 0.6 is 11.6 Å². The van der Waals surface area contributed by atoms with Crippen molar-refractivity contribution in [3.8, 4) is 5.69 Å². The van der Waals surface area contributed by atoms with Crippen molar-refractivity contribution in [1.82, 2.24) is 25.5 Å². The number of tetrazole rings is 1. The molecule has 8 heteroatoms. The Morgan fingerprint density at radius 2 is 2.21 bits per heavy atom. The lowest BCUT2D eigenvalue weighted by molar-refractivity contribution is -0.120. The minimum Gasteiger partial charge on any atom is -0.326 e. The van der Waals surface area contributed by atoms with Gasteiger partial charge in [0.05, 0.1) is 16.6 Å². The average Bonchev–Trinajstić information content (AvgIpc) is 3.34. The molecule has 0 radical (unpaired) electrons. The summed E-state index contributed by atoms with van der Waals surface area (Å²) in [5.41, 5.74) is 1.41. The number of hydrogen-bond donors (Lipinski definition) is 2. The second kappa shape index (κ2) is 6.49. The highest BCUT2D eigenvalue weighted by Gasteiger charge is 2.30. The van der Waals surface area contributed by atoms with E-state index in [0.29, 0.717) is 22.3 Å². The number of amides is 1. The molecule has 1 aliphatic heterocycles. The van der Waals surface area contributed by atoms with Crippen molar-refractivity contribution in [1.29, 1.82) is 0 Å². The highest BCUT2D eigenvalue weighted by atomic mass is 35.5. The number of hydrogen-bond acceptors (Lipinski definition) is 5. The second-order valence-corrected chi connectivity index (χ2v) is 6.83. The average molecular weight is 347 g/mol. The zero-order chi connectivity index (χ0) is 16.5. The quantitative estimate of drug-likeness (QED) is 0.886. The van der Waals surface area contributed by atoms with Crippen molar-refractivity contribution in [2.45, 2.75) is 31.6 Å². The van der Waals surface area contributed by atoms with Crippen LogP contribution in [0.25, 0.3) is 5.69 Å². The Morgan fingerprint density at radius 3 is 2.96 bits per heavy atom. The van der Waals surface area contributed by atoms with Crippen LogP contribution < -0.4 is 10.6 Å². The first-order valence-electron chi connectivity index (χ1n) is 8.32. The maximum atomic E-state index is 12.4. The second-order valence-electron chi connectivity index (χ2n) is 6.42. The first-order valence-corrected chi connectivity index (χ1v) is 8.70. The first kappa shape index (κ1) is 15.5. The summed E-state index contributed by atoms with van der Waals surface area (Å²) in [7, 11) is 0. The molecular weight excluding hydrogens is 328 g/mol. The van der Waals surface area contributed by atoms with E-state index in [1.165, 1.54) is 0 Å². The van der Waals surface area contributed by atoms with E-state index in [9.17, 15) is 4.79 Å². The summed E-state index contributed by atoms with van der Waals surface area (Å²) in [5, 5.41) is 18.7. The Kier molecular flexibility index (Phi) is 4.20. The van der Waals surface area contributed by atoms with Crippen molar-refractivity contribution in [2.75, 3.05) is 18.4 Å². The Morgan fingerprint density at radius 1 is 1.33 bits per heavy atom. The summed E-state index contributed by atoms with van der Waals surface area (Å²) in [4.78, 5) is 12.4. The molecule has 1 amide bonds. The molecule has 1 atom stereocenters. The first-order chi connectivity index (χ1) is 11.7. The molecule has 0 spiro atoms. The van der Waals surface area contributed by atoms with Crippen molar-refractivity contribution < 1.29 is 4.79 Å². The monoisotopic (exact) mass is 346 g/mol. The Balaban J connectivity index is 1.57. The van der Waals surface area contributed by atoms with Crippen LogP contribution in [-0.2, 0) is 4.79 Å². The van der Waals surface area contributed by atoms with Gasteiger partial charge in [-0.05, 0) is 60.9 Å². The van der Waals surface area contributed by atoms with Gasteiger partial charge < -0.3 is 10.6 Å². The summed E-state index contributed by atoms with van der Waals surface area (Å²) in [6.07, 6.45) is 4.14. The smallest absolute Gasteiger partial charge is 0.228 e. The Labute approximate surface area is 144 Å². The molecule has 0 bridgehead atoms. The molecule has 24 heavy (non-hydrogen) atoms. The third-order valence-electron chi connectivity index (χ3n) is 4.55. The van der Waals surface area contributed by atoms with Gasteiger partial charge in [0.25, 0.3) is 0 Å². The fourth-order valence-corrected chi connectivity index (χ4v) is 3.23. The molecule has 1 saturated carbocycles. The van der Waals surface area contributed by atoms with Crippen LogP contribution in [0.15, 0.2) is 18.2 Å². The normalized spacial score (nSPS) is 20.8. The predicted octanol–water partition coefficient (Wildman–Crippen LogP) is 2.13. The molecule has 2 fully saturated rings. The number of halogens is 1. The van der Waals surface area contributed by atoms with Crippen molar-refractivity contribution in [3.05, 3.63) is 29.0 Å². The van der Waals surface area contributed by atoms with Gasteiger partial charge in [-0.3, -0.25) is 4.79 Å². The number of carbonyl (C=O) groups excluding carboxylic acids is 1. The highest BCUT2D eigenvalue weighted by molar-refractivity contribution is 6.32. The number of nitrogens with one attached hydrogen (secondary N) is 2. The maximum absolute atomic E-state index is 12.4. The van der Waals surface area contributed by atoms with Gasteiger partial charge in [-0.25, -0.2) is 0 Å². The van der Waals surface area contributed by atoms with E-state index in [-0.39, 0.29) is 11.8 Å². The molecule has 2 N–H and O–H groups in total. The minimum atomic E-state index is 0.00735. The SMILES string of the molecule is O=C(Nc1ccc(Cl)c(-n2nnnc2C2CC2)c1)[C@@H]1CCCNC1. The summed E-state index contributed by atoms with van der Waals surface area (Å²) >= 11 is 6.33. The molecule has 1 saturated heterocycles. The minimum absolute atomic E-state index is 0.00735. The molecule has 1 aromatic carbocycles.